The average molecular weight is 196 g/mol. The van der Waals surface area contributed by atoms with Crippen LogP contribution in [0.2, 0.25) is 0 Å². The van der Waals surface area contributed by atoms with E-state index in [0.717, 1.165) is 0 Å². The van der Waals surface area contributed by atoms with Crippen LogP contribution in [0.4, 0.5) is 0 Å². The number of hydrogen-bond acceptors (Lipinski definition) is 0. The maximum Gasteiger partial charge on any atom is 0.00731 e. The molecule has 15 heavy (non-hydrogen) atoms. The second-order valence-corrected chi connectivity index (χ2v) is 3.88. The van der Waals surface area contributed by atoms with Crippen LogP contribution < -0.4 is 0 Å². The first kappa shape index (κ1) is 9.97. The van der Waals surface area contributed by atoms with E-state index in [1.54, 1.807) is 0 Å². The molecular formula is C15H16. The van der Waals surface area contributed by atoms with Gasteiger partial charge in [-0.3, -0.25) is 0 Å². The molecule has 0 nitrogen and oxygen atoms in total. The highest BCUT2D eigenvalue weighted by atomic mass is 14.3. The van der Waals surface area contributed by atoms with Gasteiger partial charge in [0.15, 0.2) is 0 Å². The molecule has 76 valence electrons. The van der Waals surface area contributed by atoms with Gasteiger partial charge in [0.05, 0.1) is 0 Å². The highest BCUT2D eigenvalue weighted by Crippen LogP contribution is 2.42. The van der Waals surface area contributed by atoms with Crippen LogP contribution in [0.3, 0.4) is 0 Å². The summed E-state index contributed by atoms with van der Waals surface area (Å²) < 4.78 is 0. The Labute approximate surface area is 91.6 Å². The van der Waals surface area contributed by atoms with Gasteiger partial charge in [-0.05, 0) is 29.2 Å². The fourth-order valence-electron chi connectivity index (χ4n) is 2.32. The summed E-state index contributed by atoms with van der Waals surface area (Å²) >= 11 is 0. The minimum atomic E-state index is 0.491. The lowest BCUT2D eigenvalue weighted by Gasteiger charge is -2.06. The van der Waals surface area contributed by atoms with Crippen LogP contribution in [0.15, 0.2) is 54.6 Å². The van der Waals surface area contributed by atoms with E-state index in [-0.39, 0.29) is 0 Å². The molecule has 1 aromatic carbocycles. The molecule has 0 amide bonds. The Morgan fingerprint density at radius 1 is 1.27 bits per heavy atom. The fraction of sp³-hybridized carbons (Fsp3) is 0.200. The molecule has 1 aromatic rings. The molecule has 0 fully saturated rings. The van der Waals surface area contributed by atoms with Gasteiger partial charge in [0.1, 0.15) is 0 Å². The molecule has 0 heterocycles. The summed E-state index contributed by atoms with van der Waals surface area (Å²) in [6.07, 6.45) is 6.26. The van der Waals surface area contributed by atoms with Gasteiger partial charge < -0.3 is 0 Å². The third-order valence-electron chi connectivity index (χ3n) is 3.05. The van der Waals surface area contributed by atoms with Crippen molar-refractivity contribution in [2.75, 3.05) is 0 Å². The normalized spacial score (nSPS) is 19.7. The van der Waals surface area contributed by atoms with Crippen LogP contribution in [0.1, 0.15) is 30.9 Å². The standard InChI is InChI=1S/C15H16/c1-4-8-13-11(3)14-9-6-7-10-15(14)12(13)5-2/h4-11H,2H2,1,3H3/b8-4-. The van der Waals surface area contributed by atoms with Crippen molar-refractivity contribution >= 4 is 5.57 Å². The highest BCUT2D eigenvalue weighted by Gasteiger charge is 2.23. The molecule has 0 heteroatoms. The minimum absolute atomic E-state index is 0.491. The van der Waals surface area contributed by atoms with E-state index in [1.165, 1.54) is 22.3 Å². The van der Waals surface area contributed by atoms with Gasteiger partial charge in [0.2, 0.25) is 0 Å². The summed E-state index contributed by atoms with van der Waals surface area (Å²) in [7, 11) is 0. The van der Waals surface area contributed by atoms with Crippen LogP contribution in [-0.2, 0) is 0 Å². The quantitative estimate of drug-likeness (QED) is 0.660. The number of rotatable bonds is 2. The number of allylic oxidation sites excluding steroid dienone is 5. The summed E-state index contributed by atoms with van der Waals surface area (Å²) in [6.45, 7) is 8.23. The van der Waals surface area contributed by atoms with Crippen LogP contribution in [0.25, 0.3) is 5.57 Å². The molecular weight excluding hydrogens is 180 g/mol. The maximum atomic E-state index is 3.92. The Hall–Kier alpha value is -1.56. The van der Waals surface area contributed by atoms with E-state index < -0.39 is 0 Å². The molecule has 1 aliphatic rings. The van der Waals surface area contributed by atoms with Crippen molar-refractivity contribution in [3.63, 3.8) is 0 Å². The SMILES string of the molecule is C=CC1=C(/C=C\C)C(C)c2ccccc21. The summed E-state index contributed by atoms with van der Waals surface area (Å²) in [5, 5.41) is 0. The van der Waals surface area contributed by atoms with E-state index in [4.69, 9.17) is 0 Å². The van der Waals surface area contributed by atoms with E-state index in [0.29, 0.717) is 5.92 Å². The van der Waals surface area contributed by atoms with Crippen molar-refractivity contribution < 1.29 is 0 Å². The Morgan fingerprint density at radius 2 is 2.00 bits per heavy atom. The summed E-state index contributed by atoms with van der Waals surface area (Å²) in [4.78, 5) is 0. The predicted octanol–water partition coefficient (Wildman–Crippen LogP) is 4.32. The highest BCUT2D eigenvalue weighted by molar-refractivity contribution is 5.85. The van der Waals surface area contributed by atoms with Crippen LogP contribution in [0.5, 0.6) is 0 Å². The van der Waals surface area contributed by atoms with Crippen LogP contribution in [0, 0.1) is 0 Å². The Balaban J connectivity index is 2.63. The van der Waals surface area contributed by atoms with Gasteiger partial charge in [-0.2, -0.15) is 0 Å². The lowest BCUT2D eigenvalue weighted by molar-refractivity contribution is 0.947. The Bertz CT molecular complexity index is 447. The summed E-state index contributed by atoms with van der Waals surface area (Å²) in [5.41, 5.74) is 5.43. The molecule has 1 aliphatic carbocycles. The molecule has 0 radical (unpaired) electrons. The fourth-order valence-corrected chi connectivity index (χ4v) is 2.32. The number of benzene rings is 1. The molecule has 0 spiro atoms. The summed E-state index contributed by atoms with van der Waals surface area (Å²) in [5.74, 6) is 0.491. The van der Waals surface area contributed by atoms with Gasteiger partial charge in [0.25, 0.3) is 0 Å². The van der Waals surface area contributed by atoms with Crippen LogP contribution >= 0.6 is 0 Å². The predicted molar refractivity (Wildman–Crippen MR) is 66.8 cm³/mol. The molecule has 0 saturated heterocycles. The zero-order chi connectivity index (χ0) is 10.8. The lowest BCUT2D eigenvalue weighted by atomic mass is 9.98. The Kier molecular flexibility index (Phi) is 2.59. The molecule has 0 saturated carbocycles. The van der Waals surface area contributed by atoms with Crippen LogP contribution in [-0.4, -0.2) is 0 Å². The zero-order valence-electron chi connectivity index (χ0n) is 9.33. The maximum absolute atomic E-state index is 3.92. The molecule has 0 N–H and O–H groups in total. The van der Waals surface area contributed by atoms with Crippen molar-refractivity contribution in [3.05, 3.63) is 65.8 Å². The van der Waals surface area contributed by atoms with Crippen molar-refractivity contribution in [2.45, 2.75) is 19.8 Å². The lowest BCUT2D eigenvalue weighted by Crippen LogP contribution is -1.90. The third-order valence-corrected chi connectivity index (χ3v) is 3.05. The first-order chi connectivity index (χ1) is 7.29. The largest absolute Gasteiger partial charge is 0.0984 e. The second kappa shape index (κ2) is 3.90. The topological polar surface area (TPSA) is 0 Å². The number of fused-ring (bicyclic) bond motifs is 1. The molecule has 0 aromatic heterocycles. The molecule has 0 aliphatic heterocycles. The van der Waals surface area contributed by atoms with Gasteiger partial charge in [0, 0.05) is 5.92 Å². The first-order valence-electron chi connectivity index (χ1n) is 5.38. The van der Waals surface area contributed by atoms with E-state index in [1.807, 2.05) is 6.08 Å². The minimum Gasteiger partial charge on any atom is -0.0984 e. The molecule has 1 atom stereocenters. The molecule has 2 rings (SSSR count). The van der Waals surface area contributed by atoms with Gasteiger partial charge >= 0.3 is 0 Å². The van der Waals surface area contributed by atoms with Gasteiger partial charge in [-0.15, -0.1) is 0 Å². The smallest absolute Gasteiger partial charge is 0.00731 e. The van der Waals surface area contributed by atoms with Crippen molar-refractivity contribution in [3.8, 4) is 0 Å². The number of hydrogen-bond donors (Lipinski definition) is 0. The van der Waals surface area contributed by atoms with E-state index in [9.17, 15) is 0 Å². The van der Waals surface area contributed by atoms with E-state index in [2.05, 4.69) is 56.8 Å². The van der Waals surface area contributed by atoms with Crippen molar-refractivity contribution in [2.24, 2.45) is 0 Å². The molecule has 0 bridgehead atoms. The molecule has 1 unspecified atom stereocenters. The monoisotopic (exact) mass is 196 g/mol. The van der Waals surface area contributed by atoms with E-state index >= 15 is 0 Å². The van der Waals surface area contributed by atoms with Crippen molar-refractivity contribution in [1.29, 1.82) is 0 Å². The second-order valence-electron chi connectivity index (χ2n) is 3.88. The van der Waals surface area contributed by atoms with Crippen molar-refractivity contribution in [1.82, 2.24) is 0 Å². The van der Waals surface area contributed by atoms with Gasteiger partial charge in [-0.25, -0.2) is 0 Å². The summed E-state index contributed by atoms with van der Waals surface area (Å²) in [6, 6.07) is 8.58. The third kappa shape index (κ3) is 1.46. The average Bonchev–Trinajstić information content (AvgIpc) is 2.54. The van der Waals surface area contributed by atoms with Gasteiger partial charge in [-0.1, -0.05) is 56.0 Å². The zero-order valence-corrected chi connectivity index (χ0v) is 9.33. The first-order valence-corrected chi connectivity index (χ1v) is 5.38. The Morgan fingerprint density at radius 3 is 2.67 bits per heavy atom.